The second-order valence-electron chi connectivity index (χ2n) is 8.83. The van der Waals surface area contributed by atoms with Crippen molar-refractivity contribution in [2.75, 3.05) is 32.3 Å². The van der Waals surface area contributed by atoms with Crippen LogP contribution in [0.1, 0.15) is 5.56 Å². The molecule has 0 fully saturated rings. The van der Waals surface area contributed by atoms with E-state index in [2.05, 4.69) is 32.6 Å². The molecule has 0 saturated carbocycles. The second kappa shape index (κ2) is 12.8. The number of para-hydroxylation sites is 3. The quantitative estimate of drug-likeness (QED) is 0.207. The lowest BCUT2D eigenvalue weighted by Crippen LogP contribution is -2.15. The number of aryl methyl sites for hydroxylation is 1. The maximum Gasteiger partial charge on any atom is 0.234 e. The molecule has 0 aliphatic rings. The molecule has 200 valence electrons. The molecule has 0 aliphatic heterocycles. The van der Waals surface area contributed by atoms with Crippen molar-refractivity contribution in [3.8, 4) is 22.8 Å². The Kier molecular flexibility index (Phi) is 9.01. The van der Waals surface area contributed by atoms with Crippen LogP contribution in [0, 0.1) is 6.92 Å². The first-order chi connectivity index (χ1) is 18.9. The Morgan fingerprint density at radius 2 is 1.82 bits per heavy atom. The van der Waals surface area contributed by atoms with Gasteiger partial charge in [0.25, 0.3) is 0 Å². The van der Waals surface area contributed by atoms with Crippen LogP contribution in [0.5, 0.6) is 5.75 Å². The standard InChI is InChI=1S/C26H23N5O2S.C3H7NO/c1-17-8-7-9-18(14-17)31-25(20-15-27-21-11-4-3-10-19(20)21)29-30-26(31)34-16-24(32)28-22-12-5-6-13-23(22)33-2;1-4(2)3-5/h3-15,27H,16H2,1-2H3,(H,28,32);3H,1-2H3. The van der Waals surface area contributed by atoms with Crippen molar-refractivity contribution in [3.05, 3.63) is 84.6 Å². The molecule has 0 saturated heterocycles. The van der Waals surface area contributed by atoms with Gasteiger partial charge in [-0.05, 0) is 42.8 Å². The van der Waals surface area contributed by atoms with Crippen molar-refractivity contribution in [1.82, 2.24) is 24.6 Å². The van der Waals surface area contributed by atoms with Crippen molar-refractivity contribution in [1.29, 1.82) is 0 Å². The molecule has 2 amide bonds. The number of hydrogen-bond donors (Lipinski definition) is 2. The lowest BCUT2D eigenvalue weighted by atomic mass is 10.1. The number of ether oxygens (including phenoxy) is 1. The third kappa shape index (κ3) is 6.66. The molecule has 5 rings (SSSR count). The van der Waals surface area contributed by atoms with Gasteiger partial charge in [0.05, 0.1) is 18.6 Å². The van der Waals surface area contributed by atoms with Gasteiger partial charge in [0.2, 0.25) is 12.3 Å². The molecule has 0 spiro atoms. The number of carbonyl (C=O) groups is 2. The topological polar surface area (TPSA) is 105 Å². The zero-order valence-electron chi connectivity index (χ0n) is 22.2. The fraction of sp³-hybridized carbons (Fsp3) is 0.172. The van der Waals surface area contributed by atoms with Crippen LogP contribution in [-0.4, -0.2) is 63.9 Å². The lowest BCUT2D eigenvalue weighted by molar-refractivity contribution is -0.116. The Bertz CT molecular complexity index is 1580. The fourth-order valence-corrected chi connectivity index (χ4v) is 4.61. The van der Waals surface area contributed by atoms with Crippen LogP contribution in [0.15, 0.2) is 84.1 Å². The molecule has 2 N–H and O–H groups in total. The minimum absolute atomic E-state index is 0.151. The number of methoxy groups -OCH3 is 1. The first-order valence-electron chi connectivity index (χ1n) is 12.2. The number of aromatic amines is 1. The number of anilines is 1. The van der Waals surface area contributed by atoms with Crippen LogP contribution in [0.25, 0.3) is 28.0 Å². The number of nitrogens with zero attached hydrogens (tertiary/aromatic N) is 4. The summed E-state index contributed by atoms with van der Waals surface area (Å²) in [6.45, 7) is 2.05. The van der Waals surface area contributed by atoms with Gasteiger partial charge in [-0.2, -0.15) is 0 Å². The molecule has 0 unspecified atom stereocenters. The van der Waals surface area contributed by atoms with Crippen LogP contribution in [-0.2, 0) is 9.59 Å². The maximum absolute atomic E-state index is 12.7. The number of thioether (sulfide) groups is 1. The summed E-state index contributed by atoms with van der Waals surface area (Å²) in [7, 11) is 4.95. The number of H-pyrrole nitrogens is 1. The van der Waals surface area contributed by atoms with Gasteiger partial charge in [-0.15, -0.1) is 10.2 Å². The Balaban J connectivity index is 0.000000648. The van der Waals surface area contributed by atoms with Crippen molar-refractivity contribution < 1.29 is 14.3 Å². The van der Waals surface area contributed by atoms with Crippen LogP contribution >= 0.6 is 11.8 Å². The molecule has 3 aromatic carbocycles. The van der Waals surface area contributed by atoms with Crippen molar-refractivity contribution in [2.45, 2.75) is 12.1 Å². The molecule has 2 heterocycles. The van der Waals surface area contributed by atoms with E-state index in [0.29, 0.717) is 16.6 Å². The number of hydrogen-bond acceptors (Lipinski definition) is 6. The van der Waals surface area contributed by atoms with Gasteiger partial charge in [-0.1, -0.05) is 54.2 Å². The monoisotopic (exact) mass is 542 g/mol. The SMILES string of the molecule is CN(C)C=O.COc1ccccc1NC(=O)CSc1nnc(-c2c[nH]c3ccccc23)n1-c1cccc(C)c1. The van der Waals surface area contributed by atoms with Crippen LogP contribution in [0.4, 0.5) is 5.69 Å². The number of rotatable bonds is 8. The molecule has 10 heteroatoms. The van der Waals surface area contributed by atoms with E-state index in [1.165, 1.54) is 16.7 Å². The first kappa shape index (κ1) is 27.5. The number of aromatic nitrogens is 4. The molecule has 2 aromatic heterocycles. The highest BCUT2D eigenvalue weighted by Gasteiger charge is 2.20. The van der Waals surface area contributed by atoms with E-state index >= 15 is 0 Å². The molecular weight excluding hydrogens is 512 g/mol. The largest absolute Gasteiger partial charge is 0.495 e. The molecule has 0 radical (unpaired) electrons. The minimum Gasteiger partial charge on any atom is -0.495 e. The van der Waals surface area contributed by atoms with Gasteiger partial charge in [-0.25, -0.2) is 0 Å². The smallest absolute Gasteiger partial charge is 0.234 e. The van der Waals surface area contributed by atoms with E-state index < -0.39 is 0 Å². The normalized spacial score (nSPS) is 10.5. The Labute approximate surface area is 231 Å². The first-order valence-corrected chi connectivity index (χ1v) is 13.2. The number of amides is 2. The zero-order valence-corrected chi connectivity index (χ0v) is 23.0. The second-order valence-corrected chi connectivity index (χ2v) is 9.78. The molecule has 0 bridgehead atoms. The van der Waals surface area contributed by atoms with Gasteiger partial charge in [0.1, 0.15) is 5.75 Å². The summed E-state index contributed by atoms with van der Waals surface area (Å²) in [5.74, 6) is 1.36. The average Bonchev–Trinajstić information content (AvgIpc) is 3.56. The summed E-state index contributed by atoms with van der Waals surface area (Å²) in [4.78, 5) is 26.9. The van der Waals surface area contributed by atoms with Gasteiger partial charge >= 0.3 is 0 Å². The van der Waals surface area contributed by atoms with Crippen LogP contribution in [0.2, 0.25) is 0 Å². The molecule has 0 aliphatic carbocycles. The number of nitrogens with one attached hydrogen (secondary N) is 2. The number of benzene rings is 3. The summed E-state index contributed by atoms with van der Waals surface area (Å²) < 4.78 is 7.33. The minimum atomic E-state index is -0.151. The predicted molar refractivity (Wildman–Crippen MR) is 155 cm³/mol. The lowest BCUT2D eigenvalue weighted by Gasteiger charge is -2.12. The summed E-state index contributed by atoms with van der Waals surface area (Å²) in [5.41, 5.74) is 4.69. The predicted octanol–water partition coefficient (Wildman–Crippen LogP) is 5.17. The highest BCUT2D eigenvalue weighted by Crippen LogP contribution is 2.33. The van der Waals surface area contributed by atoms with Gasteiger partial charge < -0.3 is 19.9 Å². The van der Waals surface area contributed by atoms with E-state index in [1.54, 1.807) is 21.2 Å². The van der Waals surface area contributed by atoms with Gasteiger partial charge in [0, 0.05) is 42.4 Å². The Hall–Kier alpha value is -4.57. The molecule has 9 nitrogen and oxygen atoms in total. The highest BCUT2D eigenvalue weighted by atomic mass is 32.2. The maximum atomic E-state index is 12.7. The summed E-state index contributed by atoms with van der Waals surface area (Å²) >= 11 is 1.34. The van der Waals surface area contributed by atoms with E-state index in [9.17, 15) is 9.59 Å². The Morgan fingerprint density at radius 3 is 2.56 bits per heavy atom. The van der Waals surface area contributed by atoms with Crippen LogP contribution in [0.3, 0.4) is 0 Å². The zero-order chi connectivity index (χ0) is 27.8. The van der Waals surface area contributed by atoms with Crippen molar-refractivity contribution in [2.24, 2.45) is 0 Å². The third-order valence-electron chi connectivity index (χ3n) is 5.65. The molecular formula is C29H30N6O3S. The number of fused-ring (bicyclic) bond motifs is 1. The van der Waals surface area contributed by atoms with Crippen LogP contribution < -0.4 is 10.1 Å². The van der Waals surface area contributed by atoms with Crippen molar-refractivity contribution in [3.63, 3.8) is 0 Å². The fourth-order valence-electron chi connectivity index (χ4n) is 3.86. The van der Waals surface area contributed by atoms with Gasteiger partial charge in [0.15, 0.2) is 11.0 Å². The van der Waals surface area contributed by atoms with E-state index in [0.717, 1.165) is 40.0 Å². The highest BCUT2D eigenvalue weighted by molar-refractivity contribution is 7.99. The summed E-state index contributed by atoms with van der Waals surface area (Å²) in [5, 5.41) is 13.6. The molecule has 0 atom stereocenters. The van der Waals surface area contributed by atoms with Crippen molar-refractivity contribution >= 4 is 40.7 Å². The number of carbonyl (C=O) groups excluding carboxylic acids is 2. The Morgan fingerprint density at radius 1 is 1.08 bits per heavy atom. The van der Waals surface area contributed by atoms with E-state index in [1.807, 2.05) is 78.4 Å². The van der Waals surface area contributed by atoms with Gasteiger partial charge in [-0.3, -0.25) is 14.2 Å². The molecule has 5 aromatic rings. The summed E-state index contributed by atoms with van der Waals surface area (Å²) in [6.07, 6.45) is 2.70. The average molecular weight is 543 g/mol. The molecule has 39 heavy (non-hydrogen) atoms. The van der Waals surface area contributed by atoms with E-state index in [4.69, 9.17) is 4.74 Å². The van der Waals surface area contributed by atoms with E-state index in [-0.39, 0.29) is 11.7 Å². The third-order valence-corrected chi connectivity index (χ3v) is 6.58. The summed E-state index contributed by atoms with van der Waals surface area (Å²) in [6, 6.07) is 23.6.